The molecule has 6 heteroatoms. The van der Waals surface area contributed by atoms with E-state index in [2.05, 4.69) is 10.1 Å². The lowest BCUT2D eigenvalue weighted by atomic mass is 10.1. The highest BCUT2D eigenvalue weighted by atomic mass is 127. The van der Waals surface area contributed by atoms with E-state index >= 15 is 0 Å². The number of hydrazone groups is 1. The van der Waals surface area contributed by atoms with E-state index < -0.39 is 0 Å². The van der Waals surface area contributed by atoms with Gasteiger partial charge in [0, 0.05) is 24.9 Å². The van der Waals surface area contributed by atoms with E-state index in [-0.39, 0.29) is 0 Å². The first-order valence-electron chi connectivity index (χ1n) is 5.50. The Bertz CT molecular complexity index is 375. The molecule has 1 aliphatic carbocycles. The Balaban J connectivity index is 2.57. The van der Waals surface area contributed by atoms with Crippen LogP contribution in [0.25, 0.3) is 0 Å². The third kappa shape index (κ3) is 5.29. The normalized spacial score (nSPS) is 18.4. The third-order valence-corrected chi connectivity index (χ3v) is 3.47. The Labute approximate surface area is 115 Å². The molecule has 0 atom stereocenters. The van der Waals surface area contributed by atoms with Crippen molar-refractivity contribution in [2.45, 2.75) is 26.2 Å². The average molecular weight is 347 g/mol. The highest BCUT2D eigenvalue weighted by molar-refractivity contribution is 14.1. The van der Waals surface area contributed by atoms with Crippen LogP contribution in [0, 0.1) is 11.3 Å². The molecule has 1 saturated carbocycles. The molecule has 0 heterocycles. The topological polar surface area (TPSA) is 101 Å². The molecular weight excluding hydrogens is 329 g/mol. The van der Waals surface area contributed by atoms with Gasteiger partial charge in [0.05, 0.1) is 5.71 Å². The average Bonchev–Trinajstić information content (AvgIpc) is 3.10. The first kappa shape index (κ1) is 14.1. The maximum absolute atomic E-state index is 7.78. The molecule has 1 fully saturated rings. The zero-order valence-electron chi connectivity index (χ0n) is 9.91. The van der Waals surface area contributed by atoms with Crippen LogP contribution < -0.4 is 11.6 Å². The first-order valence-corrected chi connectivity index (χ1v) is 6.58. The molecule has 17 heavy (non-hydrogen) atoms. The molecule has 0 amide bonds. The van der Waals surface area contributed by atoms with Crippen molar-refractivity contribution in [1.29, 1.82) is 5.41 Å². The van der Waals surface area contributed by atoms with E-state index in [0.29, 0.717) is 21.5 Å². The summed E-state index contributed by atoms with van der Waals surface area (Å²) in [5, 5.41) is 11.3. The SMILES string of the molecule is CC(N)=C(C=NCC1CC1)CC(=N)/C(I)=N\N. The van der Waals surface area contributed by atoms with Crippen molar-refractivity contribution >= 4 is 38.2 Å². The van der Waals surface area contributed by atoms with Crippen LogP contribution in [0.1, 0.15) is 26.2 Å². The van der Waals surface area contributed by atoms with E-state index in [0.717, 1.165) is 18.0 Å². The quantitative estimate of drug-likeness (QED) is 0.295. The van der Waals surface area contributed by atoms with Crippen molar-refractivity contribution in [1.82, 2.24) is 0 Å². The van der Waals surface area contributed by atoms with Crippen LogP contribution in [-0.4, -0.2) is 22.2 Å². The Kier molecular flexibility index (Phi) is 5.60. The van der Waals surface area contributed by atoms with Crippen LogP contribution in [-0.2, 0) is 0 Å². The number of rotatable bonds is 6. The van der Waals surface area contributed by atoms with Gasteiger partial charge in [0.25, 0.3) is 0 Å². The van der Waals surface area contributed by atoms with E-state index in [4.69, 9.17) is 17.0 Å². The summed E-state index contributed by atoms with van der Waals surface area (Å²) in [6.07, 6.45) is 4.77. The number of hydrogen-bond donors (Lipinski definition) is 3. The molecule has 0 aliphatic heterocycles. The fourth-order valence-corrected chi connectivity index (χ4v) is 1.43. The van der Waals surface area contributed by atoms with Crippen molar-refractivity contribution in [3.63, 3.8) is 0 Å². The summed E-state index contributed by atoms with van der Waals surface area (Å²) < 4.78 is 0.497. The predicted octanol–water partition coefficient (Wildman–Crippen LogP) is 1.82. The van der Waals surface area contributed by atoms with Gasteiger partial charge in [0.1, 0.15) is 3.72 Å². The molecular formula is C11H18IN5. The van der Waals surface area contributed by atoms with Gasteiger partial charge in [-0.05, 0) is 53.8 Å². The van der Waals surface area contributed by atoms with E-state index in [1.165, 1.54) is 12.8 Å². The van der Waals surface area contributed by atoms with Crippen molar-refractivity contribution in [2.24, 2.45) is 27.6 Å². The van der Waals surface area contributed by atoms with Crippen molar-refractivity contribution in [2.75, 3.05) is 6.54 Å². The fourth-order valence-electron chi connectivity index (χ4n) is 1.24. The van der Waals surface area contributed by atoms with Crippen LogP contribution in [0.4, 0.5) is 0 Å². The molecule has 5 nitrogen and oxygen atoms in total. The summed E-state index contributed by atoms with van der Waals surface area (Å²) >= 11 is 1.94. The number of allylic oxidation sites excluding steroid dienone is 2. The zero-order chi connectivity index (χ0) is 12.8. The van der Waals surface area contributed by atoms with Crippen molar-refractivity contribution in [3.8, 4) is 0 Å². The highest BCUT2D eigenvalue weighted by Crippen LogP contribution is 2.28. The van der Waals surface area contributed by atoms with Gasteiger partial charge in [-0.2, -0.15) is 5.10 Å². The summed E-state index contributed by atoms with van der Waals surface area (Å²) in [5.74, 6) is 5.89. The molecule has 0 aromatic heterocycles. The van der Waals surface area contributed by atoms with Crippen molar-refractivity contribution < 1.29 is 0 Å². The molecule has 0 bridgehead atoms. The minimum absolute atomic E-state index is 0.366. The molecule has 0 unspecified atom stereocenters. The second-order valence-corrected chi connectivity index (χ2v) is 5.24. The summed E-state index contributed by atoms with van der Waals surface area (Å²) in [6, 6.07) is 0. The molecule has 0 aromatic rings. The van der Waals surface area contributed by atoms with Gasteiger partial charge >= 0.3 is 0 Å². The van der Waals surface area contributed by atoms with Crippen LogP contribution >= 0.6 is 22.6 Å². The Hall–Kier alpha value is -0.920. The Morgan fingerprint density at radius 2 is 2.18 bits per heavy atom. The molecule has 5 N–H and O–H groups in total. The summed E-state index contributed by atoms with van der Waals surface area (Å²) in [6.45, 7) is 2.68. The lowest BCUT2D eigenvalue weighted by molar-refractivity contribution is 0.851. The van der Waals surface area contributed by atoms with Gasteiger partial charge < -0.3 is 17.0 Å². The first-order chi connectivity index (χ1) is 8.04. The second kappa shape index (κ2) is 6.73. The standard InChI is InChI=1S/C11H18IN5/c1-7(13)9(4-10(14)11(12)17-15)6-16-5-8-2-3-8/h6,8,14H,2-5,13,15H2,1H3/b9-7?,14-10?,16-6?,17-11+. The smallest absolute Gasteiger partial charge is 0.141 e. The molecule has 1 aliphatic rings. The molecule has 0 radical (unpaired) electrons. The van der Waals surface area contributed by atoms with E-state index in [9.17, 15) is 0 Å². The van der Waals surface area contributed by atoms with Crippen molar-refractivity contribution in [3.05, 3.63) is 11.3 Å². The number of hydrogen-bond acceptors (Lipinski definition) is 5. The second-order valence-electron chi connectivity index (χ2n) is 4.22. The maximum atomic E-state index is 7.78. The van der Waals surface area contributed by atoms with Crippen LogP contribution in [0.15, 0.2) is 21.4 Å². The Morgan fingerprint density at radius 1 is 1.53 bits per heavy atom. The lowest BCUT2D eigenvalue weighted by Gasteiger charge is -2.05. The predicted molar refractivity (Wildman–Crippen MR) is 81.0 cm³/mol. The molecule has 0 saturated heterocycles. The number of nitrogens with one attached hydrogen (secondary N) is 1. The number of aliphatic imine (C=N–C) groups is 1. The van der Waals surface area contributed by atoms with Gasteiger partial charge in [0.15, 0.2) is 0 Å². The van der Waals surface area contributed by atoms with E-state index in [1.807, 2.05) is 29.5 Å². The van der Waals surface area contributed by atoms with Gasteiger partial charge in [0.2, 0.25) is 0 Å². The Morgan fingerprint density at radius 3 is 2.65 bits per heavy atom. The minimum Gasteiger partial charge on any atom is -0.402 e. The number of nitrogens with two attached hydrogens (primary N) is 2. The summed E-state index contributed by atoms with van der Waals surface area (Å²) in [5.41, 5.74) is 7.70. The summed E-state index contributed by atoms with van der Waals surface area (Å²) in [7, 11) is 0. The van der Waals surface area contributed by atoms with E-state index in [1.54, 1.807) is 6.21 Å². The number of halogens is 1. The van der Waals surface area contributed by atoms with Crippen LogP contribution in [0.2, 0.25) is 0 Å². The van der Waals surface area contributed by atoms with Gasteiger partial charge in [-0.25, -0.2) is 0 Å². The number of nitrogens with zero attached hydrogens (tertiary/aromatic N) is 2. The van der Waals surface area contributed by atoms with Crippen LogP contribution in [0.3, 0.4) is 0 Å². The molecule has 94 valence electrons. The minimum atomic E-state index is 0.366. The third-order valence-electron chi connectivity index (χ3n) is 2.54. The highest BCUT2D eigenvalue weighted by Gasteiger charge is 2.20. The molecule has 0 spiro atoms. The van der Waals surface area contributed by atoms with Gasteiger partial charge in [-0.15, -0.1) is 0 Å². The monoisotopic (exact) mass is 347 g/mol. The largest absolute Gasteiger partial charge is 0.402 e. The maximum Gasteiger partial charge on any atom is 0.141 e. The lowest BCUT2D eigenvalue weighted by Crippen LogP contribution is -2.12. The zero-order valence-corrected chi connectivity index (χ0v) is 12.1. The van der Waals surface area contributed by atoms with Gasteiger partial charge in [-0.1, -0.05) is 0 Å². The van der Waals surface area contributed by atoms with Gasteiger partial charge in [-0.3, -0.25) is 4.99 Å². The van der Waals surface area contributed by atoms with Crippen LogP contribution in [0.5, 0.6) is 0 Å². The fraction of sp³-hybridized carbons (Fsp3) is 0.545. The summed E-state index contributed by atoms with van der Waals surface area (Å²) in [4.78, 5) is 4.36. The molecule has 0 aromatic carbocycles. The molecule has 1 rings (SSSR count).